The van der Waals surface area contributed by atoms with Crippen LogP contribution in [0, 0.1) is 0 Å². The minimum absolute atomic E-state index is 0.875. The minimum atomic E-state index is 0.875. The van der Waals surface area contributed by atoms with E-state index < -0.39 is 0 Å². The van der Waals surface area contributed by atoms with Gasteiger partial charge < -0.3 is 0 Å². The van der Waals surface area contributed by atoms with Crippen LogP contribution in [0.5, 0.6) is 0 Å². The topological polar surface area (TPSA) is 0 Å². The van der Waals surface area contributed by atoms with Gasteiger partial charge in [0.15, 0.2) is 0 Å². The van der Waals surface area contributed by atoms with Crippen molar-refractivity contribution in [2.75, 3.05) is 0 Å². The highest BCUT2D eigenvalue weighted by Gasteiger charge is 2.20. The number of hydrogen-bond donors (Lipinski definition) is 0. The Morgan fingerprint density at radius 2 is 1.00 bits per heavy atom. The van der Waals surface area contributed by atoms with E-state index in [0.29, 0.717) is 0 Å². The summed E-state index contributed by atoms with van der Waals surface area (Å²) in [6, 6.07) is 9.56. The Balaban J connectivity index is 1.74. The van der Waals surface area contributed by atoms with E-state index in [2.05, 4.69) is 24.3 Å². The van der Waals surface area contributed by atoms with E-state index in [9.17, 15) is 0 Å². The molecule has 0 unspecified atom stereocenters. The van der Waals surface area contributed by atoms with E-state index in [1.165, 1.54) is 44.9 Å². The van der Waals surface area contributed by atoms with E-state index in [1.54, 1.807) is 11.1 Å². The average molecular weight is 200 g/mol. The van der Waals surface area contributed by atoms with Crippen LogP contribution in [0.25, 0.3) is 0 Å². The maximum absolute atomic E-state index is 2.39. The second-order valence-corrected chi connectivity index (χ2v) is 5.28. The van der Waals surface area contributed by atoms with Gasteiger partial charge in [-0.1, -0.05) is 43.5 Å². The van der Waals surface area contributed by atoms with Crippen LogP contribution in [0.4, 0.5) is 0 Å². The first kappa shape index (κ1) is 9.45. The Kier molecular flexibility index (Phi) is 2.52. The van der Waals surface area contributed by atoms with Gasteiger partial charge >= 0.3 is 0 Å². The molecule has 0 bridgehead atoms. The van der Waals surface area contributed by atoms with Gasteiger partial charge in [-0.05, 0) is 48.6 Å². The van der Waals surface area contributed by atoms with Crippen LogP contribution >= 0.6 is 0 Å². The first-order valence-electron chi connectivity index (χ1n) is 6.53. The summed E-state index contributed by atoms with van der Waals surface area (Å²) < 4.78 is 0. The molecule has 0 heterocycles. The maximum Gasteiger partial charge on any atom is -0.0162 e. The van der Waals surface area contributed by atoms with Crippen molar-refractivity contribution in [1.29, 1.82) is 0 Å². The summed E-state index contributed by atoms with van der Waals surface area (Å²) in [4.78, 5) is 0. The quantitative estimate of drug-likeness (QED) is 0.654. The molecule has 0 nitrogen and oxygen atoms in total. The standard InChI is InChI=1S/C15H20/c1-2-5-12(4-1)14-8-10-15(11-9-14)13-6-3-7-13/h8-13H,1-7H2. The lowest BCUT2D eigenvalue weighted by Crippen LogP contribution is -2.08. The van der Waals surface area contributed by atoms with Gasteiger partial charge in [-0.2, -0.15) is 0 Å². The zero-order valence-electron chi connectivity index (χ0n) is 9.41. The molecule has 2 fully saturated rings. The van der Waals surface area contributed by atoms with Crippen LogP contribution in [0.2, 0.25) is 0 Å². The molecule has 3 rings (SSSR count). The lowest BCUT2D eigenvalue weighted by molar-refractivity contribution is 0.419. The average Bonchev–Trinajstić information content (AvgIpc) is 2.69. The molecule has 0 spiro atoms. The lowest BCUT2D eigenvalue weighted by Gasteiger charge is -2.26. The summed E-state index contributed by atoms with van der Waals surface area (Å²) in [5, 5.41) is 0. The van der Waals surface area contributed by atoms with Crippen molar-refractivity contribution in [2.45, 2.75) is 56.8 Å². The Morgan fingerprint density at radius 3 is 1.33 bits per heavy atom. The second kappa shape index (κ2) is 4.00. The normalized spacial score (nSPS) is 22.9. The largest absolute Gasteiger partial charge is 0.0585 e. The smallest absolute Gasteiger partial charge is 0.0162 e. The van der Waals surface area contributed by atoms with Crippen LogP contribution in [0.15, 0.2) is 24.3 Å². The Labute approximate surface area is 92.7 Å². The number of rotatable bonds is 2. The van der Waals surface area contributed by atoms with Gasteiger partial charge in [0.05, 0.1) is 0 Å². The fraction of sp³-hybridized carbons (Fsp3) is 0.600. The molecule has 0 aromatic heterocycles. The monoisotopic (exact) mass is 200 g/mol. The molecular weight excluding hydrogens is 180 g/mol. The summed E-state index contributed by atoms with van der Waals surface area (Å²) in [6.45, 7) is 0. The Morgan fingerprint density at radius 1 is 0.600 bits per heavy atom. The van der Waals surface area contributed by atoms with E-state index in [0.717, 1.165) is 11.8 Å². The highest BCUT2D eigenvalue weighted by Crippen LogP contribution is 2.38. The highest BCUT2D eigenvalue weighted by atomic mass is 14.3. The third-order valence-electron chi connectivity index (χ3n) is 4.34. The molecule has 0 atom stereocenters. The zero-order chi connectivity index (χ0) is 10.1. The van der Waals surface area contributed by atoms with E-state index in [-0.39, 0.29) is 0 Å². The molecule has 2 aliphatic carbocycles. The lowest BCUT2D eigenvalue weighted by atomic mass is 9.79. The van der Waals surface area contributed by atoms with Crippen LogP contribution in [0.3, 0.4) is 0 Å². The van der Waals surface area contributed by atoms with Gasteiger partial charge in [-0.15, -0.1) is 0 Å². The fourth-order valence-electron chi connectivity index (χ4n) is 3.04. The van der Waals surface area contributed by atoms with Crippen LogP contribution in [-0.2, 0) is 0 Å². The van der Waals surface area contributed by atoms with E-state index >= 15 is 0 Å². The van der Waals surface area contributed by atoms with Crippen LogP contribution in [0.1, 0.15) is 67.9 Å². The molecule has 0 aliphatic heterocycles. The first-order chi connectivity index (χ1) is 7.43. The minimum Gasteiger partial charge on any atom is -0.0585 e. The zero-order valence-corrected chi connectivity index (χ0v) is 9.41. The molecule has 0 N–H and O–H groups in total. The van der Waals surface area contributed by atoms with Gasteiger partial charge in [0.25, 0.3) is 0 Å². The molecular formula is C15H20. The van der Waals surface area contributed by atoms with Gasteiger partial charge in [-0.25, -0.2) is 0 Å². The second-order valence-electron chi connectivity index (χ2n) is 5.28. The Hall–Kier alpha value is -0.780. The number of hydrogen-bond acceptors (Lipinski definition) is 0. The molecule has 0 saturated heterocycles. The molecule has 80 valence electrons. The van der Waals surface area contributed by atoms with Gasteiger partial charge in [-0.3, -0.25) is 0 Å². The van der Waals surface area contributed by atoms with Crippen molar-refractivity contribution < 1.29 is 0 Å². The Bertz CT molecular complexity index is 312. The van der Waals surface area contributed by atoms with Gasteiger partial charge in [0.2, 0.25) is 0 Å². The van der Waals surface area contributed by atoms with Crippen LogP contribution in [-0.4, -0.2) is 0 Å². The van der Waals surface area contributed by atoms with Crippen molar-refractivity contribution in [3.63, 3.8) is 0 Å². The van der Waals surface area contributed by atoms with Crippen molar-refractivity contribution >= 4 is 0 Å². The fourth-order valence-corrected chi connectivity index (χ4v) is 3.04. The molecule has 0 radical (unpaired) electrons. The molecule has 0 amide bonds. The molecule has 1 aromatic rings. The summed E-state index contributed by atoms with van der Waals surface area (Å²) in [7, 11) is 0. The first-order valence-corrected chi connectivity index (χ1v) is 6.53. The van der Waals surface area contributed by atoms with E-state index in [1.807, 2.05) is 0 Å². The van der Waals surface area contributed by atoms with E-state index in [4.69, 9.17) is 0 Å². The SMILES string of the molecule is c1cc(C2CCC2)ccc1C1CCCC1. The van der Waals surface area contributed by atoms with Crippen molar-refractivity contribution in [1.82, 2.24) is 0 Å². The third kappa shape index (κ3) is 1.82. The van der Waals surface area contributed by atoms with Crippen molar-refractivity contribution in [2.24, 2.45) is 0 Å². The predicted molar refractivity (Wildman–Crippen MR) is 64.2 cm³/mol. The van der Waals surface area contributed by atoms with Crippen LogP contribution < -0.4 is 0 Å². The maximum atomic E-state index is 2.39. The predicted octanol–water partition coefficient (Wildman–Crippen LogP) is 4.61. The summed E-state index contributed by atoms with van der Waals surface area (Å²) in [6.07, 6.45) is 10.00. The molecule has 1 aromatic carbocycles. The van der Waals surface area contributed by atoms with Gasteiger partial charge in [0.1, 0.15) is 0 Å². The molecule has 15 heavy (non-hydrogen) atoms. The highest BCUT2D eigenvalue weighted by molar-refractivity contribution is 5.29. The van der Waals surface area contributed by atoms with Crippen molar-refractivity contribution in [3.8, 4) is 0 Å². The summed E-state index contributed by atoms with van der Waals surface area (Å²) in [5.41, 5.74) is 3.18. The number of benzene rings is 1. The molecule has 2 aliphatic rings. The van der Waals surface area contributed by atoms with Crippen molar-refractivity contribution in [3.05, 3.63) is 35.4 Å². The molecule has 0 heteroatoms. The van der Waals surface area contributed by atoms with Gasteiger partial charge in [0, 0.05) is 0 Å². The molecule has 2 saturated carbocycles. The third-order valence-corrected chi connectivity index (χ3v) is 4.34. The summed E-state index contributed by atoms with van der Waals surface area (Å²) >= 11 is 0. The summed E-state index contributed by atoms with van der Waals surface area (Å²) in [5.74, 6) is 1.77.